The van der Waals surface area contributed by atoms with Gasteiger partial charge in [0.2, 0.25) is 0 Å². The first-order chi connectivity index (χ1) is 22.4. The zero-order chi connectivity index (χ0) is 33.5. The number of hydrazine groups is 2. The summed E-state index contributed by atoms with van der Waals surface area (Å²) < 4.78 is 42.4. The molecule has 0 amide bonds. The molecule has 0 bridgehead atoms. The second-order valence-corrected chi connectivity index (χ2v) is 13.5. The fourth-order valence-corrected chi connectivity index (χ4v) is 6.38. The van der Waals surface area contributed by atoms with E-state index in [1.165, 1.54) is 6.20 Å². The van der Waals surface area contributed by atoms with E-state index < -0.39 is 23.5 Å². The van der Waals surface area contributed by atoms with Gasteiger partial charge in [-0.25, -0.2) is 13.2 Å². The third-order valence-electron chi connectivity index (χ3n) is 8.58. The molecule has 0 saturated carbocycles. The molecular weight excluding hydrogens is 648 g/mol. The van der Waals surface area contributed by atoms with E-state index in [2.05, 4.69) is 63.5 Å². The van der Waals surface area contributed by atoms with Crippen LogP contribution in [0, 0.1) is 28.8 Å². The normalized spacial score (nSPS) is 16.5. The Bertz CT molecular complexity index is 1880. The summed E-state index contributed by atoms with van der Waals surface area (Å²) in [5.41, 5.74) is 9.26. The molecule has 244 valence electrons. The van der Waals surface area contributed by atoms with E-state index in [1.54, 1.807) is 12.1 Å². The Morgan fingerprint density at radius 2 is 1.74 bits per heavy atom. The smallest absolute Gasteiger partial charge is 0.196 e. The largest absolute Gasteiger partial charge is 0.373 e. The van der Waals surface area contributed by atoms with Crippen molar-refractivity contribution >= 4 is 51.2 Å². The van der Waals surface area contributed by atoms with Gasteiger partial charge in [-0.05, 0) is 75.6 Å². The first-order valence-electron chi connectivity index (χ1n) is 15.1. The Kier molecular flexibility index (Phi) is 9.14. The van der Waals surface area contributed by atoms with Crippen molar-refractivity contribution in [2.45, 2.75) is 51.2 Å². The van der Waals surface area contributed by atoms with Gasteiger partial charge < -0.3 is 16.1 Å². The van der Waals surface area contributed by atoms with E-state index in [-0.39, 0.29) is 27.5 Å². The van der Waals surface area contributed by atoms with Crippen LogP contribution < -0.4 is 21.6 Å². The number of hydrogen-bond donors (Lipinski definition) is 4. The van der Waals surface area contributed by atoms with Crippen molar-refractivity contribution < 1.29 is 13.2 Å². The van der Waals surface area contributed by atoms with Crippen LogP contribution in [0.2, 0.25) is 10.0 Å². The quantitative estimate of drug-likeness (QED) is 0.145. The molecule has 8 nitrogen and oxygen atoms in total. The highest BCUT2D eigenvalue weighted by atomic mass is 35.5. The average molecular weight is 682 g/mol. The third kappa shape index (κ3) is 6.78. The lowest BCUT2D eigenvalue weighted by Gasteiger charge is -2.42. The fraction of sp³-hybridized carbons (Fsp3) is 0.294. The number of fused-ring (bicyclic) bond motifs is 1. The molecule has 0 aliphatic carbocycles. The van der Waals surface area contributed by atoms with Crippen molar-refractivity contribution in [2.75, 3.05) is 23.7 Å². The molecule has 1 aromatic heterocycles. The Hall–Kier alpha value is -4.21. The minimum atomic E-state index is -1.63. The molecular formula is C34H33Cl2F3N8. The van der Waals surface area contributed by atoms with Gasteiger partial charge in [-0.2, -0.15) is 5.26 Å². The Morgan fingerprint density at radius 1 is 1.02 bits per heavy atom. The van der Waals surface area contributed by atoms with Gasteiger partial charge in [-0.1, -0.05) is 35.3 Å². The molecule has 2 aliphatic rings. The van der Waals surface area contributed by atoms with Crippen LogP contribution in [0.5, 0.6) is 0 Å². The molecule has 4 aromatic rings. The lowest BCUT2D eigenvalue weighted by atomic mass is 9.98. The lowest BCUT2D eigenvalue weighted by molar-refractivity contribution is 0.0570. The maximum Gasteiger partial charge on any atom is 0.196 e. The molecule has 0 spiro atoms. The number of nitrogens with one attached hydrogen (secondary N) is 4. The molecule has 6 rings (SSSR count). The monoisotopic (exact) mass is 680 g/mol. The van der Waals surface area contributed by atoms with Gasteiger partial charge >= 0.3 is 0 Å². The highest BCUT2D eigenvalue weighted by molar-refractivity contribution is 6.36. The average Bonchev–Trinajstić information content (AvgIpc) is 3.54. The van der Waals surface area contributed by atoms with Gasteiger partial charge in [0.1, 0.15) is 6.07 Å². The number of nitrogens with zero attached hydrogens (tertiary/aromatic N) is 4. The molecule has 13 heteroatoms. The number of rotatable bonds is 7. The molecule has 1 fully saturated rings. The SMILES string of the molecule is CC(C)(C)N1CCC(N2C=C([C@@H](Nc3cc(Cl)c4ncc(C#N)c(Nc5ccc(F)c(F)c5F)c4c3)c3ccc(Cl)cc3)NN2)CC1. The Labute approximate surface area is 281 Å². The van der Waals surface area contributed by atoms with Gasteiger partial charge in [0.05, 0.1) is 39.2 Å². The van der Waals surface area contributed by atoms with Crippen LogP contribution in [0.15, 0.2) is 66.6 Å². The fourth-order valence-electron chi connectivity index (χ4n) is 5.98. The molecule has 4 N–H and O–H groups in total. The first-order valence-corrected chi connectivity index (χ1v) is 15.9. The van der Waals surface area contributed by atoms with Gasteiger partial charge in [0.15, 0.2) is 17.5 Å². The number of pyridine rings is 1. The molecule has 0 radical (unpaired) electrons. The van der Waals surface area contributed by atoms with Gasteiger partial charge in [0, 0.05) is 53.2 Å². The van der Waals surface area contributed by atoms with E-state index in [4.69, 9.17) is 23.2 Å². The van der Waals surface area contributed by atoms with Crippen molar-refractivity contribution in [3.63, 3.8) is 0 Å². The summed E-state index contributed by atoms with van der Waals surface area (Å²) in [5, 5.41) is 19.5. The molecule has 1 saturated heterocycles. The summed E-state index contributed by atoms with van der Waals surface area (Å²) in [4.78, 5) is 6.84. The third-order valence-corrected chi connectivity index (χ3v) is 9.12. The number of halogens is 5. The highest BCUT2D eigenvalue weighted by Gasteiger charge is 2.32. The number of anilines is 3. The summed E-state index contributed by atoms with van der Waals surface area (Å²) in [7, 11) is 0. The number of nitriles is 1. The van der Waals surface area contributed by atoms with E-state index in [1.807, 2.05) is 30.3 Å². The van der Waals surface area contributed by atoms with Crippen LogP contribution in [-0.2, 0) is 0 Å². The second kappa shape index (κ2) is 13.1. The molecule has 3 aromatic carbocycles. The number of hydrogen-bond acceptors (Lipinski definition) is 8. The highest BCUT2D eigenvalue weighted by Crippen LogP contribution is 2.38. The van der Waals surface area contributed by atoms with E-state index in [0.29, 0.717) is 27.7 Å². The van der Waals surface area contributed by atoms with Crippen LogP contribution in [0.1, 0.15) is 50.8 Å². The predicted molar refractivity (Wildman–Crippen MR) is 179 cm³/mol. The second-order valence-electron chi connectivity index (χ2n) is 12.6. The van der Waals surface area contributed by atoms with Crippen LogP contribution in [-0.4, -0.2) is 39.6 Å². The molecule has 1 atom stereocenters. The van der Waals surface area contributed by atoms with Gasteiger partial charge in [0.25, 0.3) is 0 Å². The number of likely N-dealkylation sites (tertiary alicyclic amines) is 1. The maximum atomic E-state index is 14.7. The van der Waals surface area contributed by atoms with Crippen LogP contribution >= 0.6 is 23.2 Å². The summed E-state index contributed by atoms with van der Waals surface area (Å²) >= 11 is 12.9. The molecule has 2 aliphatic heterocycles. The van der Waals surface area contributed by atoms with E-state index in [0.717, 1.165) is 49.3 Å². The minimum Gasteiger partial charge on any atom is -0.373 e. The lowest BCUT2D eigenvalue weighted by Crippen LogP contribution is -2.52. The van der Waals surface area contributed by atoms with Crippen LogP contribution in [0.25, 0.3) is 10.9 Å². The molecule has 0 unspecified atom stereocenters. The maximum absolute atomic E-state index is 14.7. The summed E-state index contributed by atoms with van der Waals surface area (Å²) in [6.07, 6.45) is 5.34. The zero-order valence-electron chi connectivity index (χ0n) is 25.9. The zero-order valence-corrected chi connectivity index (χ0v) is 27.4. The summed E-state index contributed by atoms with van der Waals surface area (Å²) in [6.45, 7) is 8.69. The topological polar surface area (TPSA) is 91.3 Å². The van der Waals surface area contributed by atoms with Crippen molar-refractivity contribution in [2.24, 2.45) is 0 Å². The summed E-state index contributed by atoms with van der Waals surface area (Å²) in [5.74, 6) is -4.37. The number of piperidine rings is 1. The van der Waals surface area contributed by atoms with Crippen molar-refractivity contribution in [3.05, 3.63) is 105 Å². The number of aromatic nitrogens is 1. The Balaban J connectivity index is 1.35. The van der Waals surface area contributed by atoms with E-state index in [9.17, 15) is 18.4 Å². The van der Waals surface area contributed by atoms with Gasteiger partial charge in [-0.3, -0.25) is 14.9 Å². The van der Waals surface area contributed by atoms with Crippen molar-refractivity contribution in [3.8, 4) is 6.07 Å². The molecule has 47 heavy (non-hydrogen) atoms. The van der Waals surface area contributed by atoms with Crippen LogP contribution in [0.3, 0.4) is 0 Å². The predicted octanol–water partition coefficient (Wildman–Crippen LogP) is 8.16. The standard InChI is InChI=1S/C34H33Cl2F3N8/c1-34(2,3)46-12-10-23(11-13-46)47-18-28(44-45-47)32(19-4-6-21(35)7-5-19)42-22-14-24-31(20(16-40)17-41-33(24)25(36)15-22)43-27-9-8-26(37)29(38)30(27)39/h4-9,14-15,17-18,23,32,42,44-45H,10-13H2,1-3H3,(H,41,43)/t32-/m0/s1. The minimum absolute atomic E-state index is 0.0571. The van der Waals surface area contributed by atoms with Gasteiger partial charge in [-0.15, -0.1) is 5.53 Å². The van der Waals surface area contributed by atoms with E-state index >= 15 is 0 Å². The van der Waals surface area contributed by atoms with Crippen LogP contribution in [0.4, 0.5) is 30.2 Å². The number of benzene rings is 3. The summed E-state index contributed by atoms with van der Waals surface area (Å²) in [6, 6.07) is 14.7. The Morgan fingerprint density at radius 3 is 2.43 bits per heavy atom. The molecule has 3 heterocycles. The van der Waals surface area contributed by atoms with Crippen molar-refractivity contribution in [1.82, 2.24) is 25.9 Å². The first kappa shape index (κ1) is 32.7. The van der Waals surface area contributed by atoms with Crippen molar-refractivity contribution in [1.29, 1.82) is 5.26 Å².